The van der Waals surface area contributed by atoms with E-state index in [1.54, 1.807) is 6.92 Å². The molecule has 2 rings (SSSR count). The number of nitrogens with zero attached hydrogens (tertiary/aromatic N) is 1. The number of nitrogens with one attached hydrogen (secondary N) is 1. The van der Waals surface area contributed by atoms with Gasteiger partial charge >= 0.3 is 5.97 Å². The minimum absolute atomic E-state index is 0.139. The Balaban J connectivity index is 2.48. The summed E-state index contributed by atoms with van der Waals surface area (Å²) in [6.07, 6.45) is 0.538. The van der Waals surface area contributed by atoms with Gasteiger partial charge in [0.25, 0.3) is 5.91 Å². The van der Waals surface area contributed by atoms with Gasteiger partial charge in [0.1, 0.15) is 11.3 Å². The molecule has 0 aliphatic rings. The monoisotopic (exact) mass is 348 g/mol. The number of carbonyl (C=O) groups is 2. The molecule has 1 aromatic heterocycles. The number of anilines is 1. The number of aryl methyl sites for hydroxylation is 2. The third-order valence-corrected chi connectivity index (χ3v) is 3.67. The van der Waals surface area contributed by atoms with E-state index in [-0.39, 0.29) is 11.3 Å². The summed E-state index contributed by atoms with van der Waals surface area (Å²) in [5.41, 5.74) is 1.25. The lowest BCUT2D eigenvalue weighted by atomic mass is 10.1. The van der Waals surface area contributed by atoms with Crippen molar-refractivity contribution in [2.45, 2.75) is 20.3 Å². The normalized spacial score (nSPS) is 10.3. The lowest BCUT2D eigenvalue weighted by molar-refractivity contribution is 0.0601. The molecule has 1 amide bonds. The SMILES string of the molecule is CCc1noc(C)c1C(=O)Nc1cc(OC)c(OC)cc1C(=O)OC. The van der Waals surface area contributed by atoms with Gasteiger partial charge in [0.05, 0.1) is 38.3 Å². The average Bonchev–Trinajstić information content (AvgIpc) is 3.01. The van der Waals surface area contributed by atoms with Gasteiger partial charge in [-0.25, -0.2) is 4.79 Å². The smallest absolute Gasteiger partial charge is 0.340 e. The van der Waals surface area contributed by atoms with Gasteiger partial charge in [0, 0.05) is 12.1 Å². The van der Waals surface area contributed by atoms with Crippen molar-refractivity contribution in [3.8, 4) is 11.5 Å². The molecule has 0 aliphatic heterocycles. The highest BCUT2D eigenvalue weighted by Gasteiger charge is 2.23. The first-order valence-electron chi connectivity index (χ1n) is 7.57. The number of rotatable bonds is 6. The number of amides is 1. The maximum Gasteiger partial charge on any atom is 0.340 e. The van der Waals surface area contributed by atoms with Crippen molar-refractivity contribution in [1.29, 1.82) is 0 Å². The van der Waals surface area contributed by atoms with Gasteiger partial charge < -0.3 is 24.1 Å². The standard InChI is InChI=1S/C17H20N2O6/c1-6-11-15(9(2)25-19-11)16(20)18-12-8-14(23-4)13(22-3)7-10(12)17(21)24-5/h7-8H,6H2,1-5H3,(H,18,20). The Kier molecular flexibility index (Phi) is 5.63. The van der Waals surface area contributed by atoms with Crippen LogP contribution in [0.4, 0.5) is 5.69 Å². The molecule has 0 atom stereocenters. The van der Waals surface area contributed by atoms with Crippen molar-refractivity contribution in [3.05, 3.63) is 34.7 Å². The van der Waals surface area contributed by atoms with Crippen LogP contribution in [0, 0.1) is 6.92 Å². The van der Waals surface area contributed by atoms with E-state index in [2.05, 4.69) is 10.5 Å². The molecule has 25 heavy (non-hydrogen) atoms. The fourth-order valence-electron chi connectivity index (χ4n) is 2.40. The second-order valence-electron chi connectivity index (χ2n) is 5.11. The first kappa shape index (κ1) is 18.3. The highest BCUT2D eigenvalue weighted by Crippen LogP contribution is 2.34. The number of carbonyl (C=O) groups excluding carboxylic acids is 2. The molecule has 1 heterocycles. The van der Waals surface area contributed by atoms with E-state index in [0.717, 1.165) is 0 Å². The molecule has 0 saturated carbocycles. The van der Waals surface area contributed by atoms with Gasteiger partial charge in [-0.2, -0.15) is 0 Å². The molecule has 0 fully saturated rings. The van der Waals surface area contributed by atoms with Crippen LogP contribution in [0.15, 0.2) is 16.7 Å². The van der Waals surface area contributed by atoms with E-state index in [1.165, 1.54) is 33.5 Å². The molecule has 8 heteroatoms. The molecule has 0 saturated heterocycles. The Hall–Kier alpha value is -3.03. The number of esters is 1. The Morgan fingerprint density at radius 2 is 1.80 bits per heavy atom. The van der Waals surface area contributed by atoms with Crippen molar-refractivity contribution in [3.63, 3.8) is 0 Å². The molecule has 1 aromatic carbocycles. The Bertz CT molecular complexity index is 797. The molecule has 0 bridgehead atoms. The summed E-state index contributed by atoms with van der Waals surface area (Å²) in [7, 11) is 4.16. The highest BCUT2D eigenvalue weighted by atomic mass is 16.5. The van der Waals surface area contributed by atoms with Crippen LogP contribution in [0.2, 0.25) is 0 Å². The lowest BCUT2D eigenvalue weighted by Gasteiger charge is -2.14. The van der Waals surface area contributed by atoms with Crippen LogP contribution in [-0.4, -0.2) is 38.4 Å². The quantitative estimate of drug-likeness (QED) is 0.801. The van der Waals surface area contributed by atoms with Crippen molar-refractivity contribution < 1.29 is 28.3 Å². The van der Waals surface area contributed by atoms with Crippen molar-refractivity contribution in [2.24, 2.45) is 0 Å². The maximum absolute atomic E-state index is 12.7. The first-order chi connectivity index (χ1) is 12.0. The summed E-state index contributed by atoms with van der Waals surface area (Å²) in [6, 6.07) is 2.94. The van der Waals surface area contributed by atoms with Gasteiger partial charge in [0.2, 0.25) is 0 Å². The van der Waals surface area contributed by atoms with Crippen LogP contribution in [-0.2, 0) is 11.2 Å². The van der Waals surface area contributed by atoms with Crippen molar-refractivity contribution >= 4 is 17.6 Å². The summed E-state index contributed by atoms with van der Waals surface area (Å²) < 4.78 is 20.3. The number of benzene rings is 1. The fourth-order valence-corrected chi connectivity index (χ4v) is 2.40. The van der Waals surface area contributed by atoms with Gasteiger partial charge in [-0.1, -0.05) is 12.1 Å². The van der Waals surface area contributed by atoms with E-state index in [9.17, 15) is 9.59 Å². The van der Waals surface area contributed by atoms with Gasteiger partial charge in [-0.15, -0.1) is 0 Å². The van der Waals surface area contributed by atoms with Gasteiger partial charge in [-0.3, -0.25) is 4.79 Å². The minimum atomic E-state index is -0.617. The van der Waals surface area contributed by atoms with Crippen molar-refractivity contribution in [1.82, 2.24) is 5.16 Å². The Morgan fingerprint density at radius 3 is 2.36 bits per heavy atom. The maximum atomic E-state index is 12.7. The zero-order valence-corrected chi connectivity index (χ0v) is 14.8. The zero-order valence-electron chi connectivity index (χ0n) is 14.8. The zero-order chi connectivity index (χ0) is 18.6. The predicted molar refractivity (Wildman–Crippen MR) is 89.5 cm³/mol. The molecule has 0 aliphatic carbocycles. The molecule has 2 aromatic rings. The fraction of sp³-hybridized carbons (Fsp3) is 0.353. The number of hydrogen-bond donors (Lipinski definition) is 1. The summed E-state index contributed by atoms with van der Waals surface area (Å²) >= 11 is 0. The molecule has 8 nitrogen and oxygen atoms in total. The van der Waals surface area contributed by atoms with Gasteiger partial charge in [-0.05, 0) is 13.3 Å². The predicted octanol–water partition coefficient (Wildman–Crippen LogP) is 2.60. The second kappa shape index (κ2) is 7.69. The van der Waals surface area contributed by atoms with Crippen LogP contribution in [0.25, 0.3) is 0 Å². The molecular weight excluding hydrogens is 328 g/mol. The highest BCUT2D eigenvalue weighted by molar-refractivity contribution is 6.09. The topological polar surface area (TPSA) is 99.9 Å². The molecule has 0 radical (unpaired) electrons. The largest absolute Gasteiger partial charge is 0.493 e. The summed E-state index contributed by atoms with van der Waals surface area (Å²) in [5, 5.41) is 6.55. The number of hydrogen-bond acceptors (Lipinski definition) is 7. The second-order valence-corrected chi connectivity index (χ2v) is 5.11. The number of methoxy groups -OCH3 is 3. The summed E-state index contributed by atoms with van der Waals surface area (Å²) in [6.45, 7) is 3.52. The molecule has 1 N–H and O–H groups in total. The molecule has 0 spiro atoms. The van der Waals surface area contributed by atoms with E-state index in [0.29, 0.717) is 34.9 Å². The van der Waals surface area contributed by atoms with E-state index in [1.807, 2.05) is 6.92 Å². The summed E-state index contributed by atoms with van der Waals surface area (Å²) in [5.74, 6) is 0.0518. The van der Waals surface area contributed by atoms with Gasteiger partial charge in [0.15, 0.2) is 11.5 Å². The van der Waals surface area contributed by atoms with E-state index >= 15 is 0 Å². The summed E-state index contributed by atoms with van der Waals surface area (Å²) in [4.78, 5) is 24.7. The van der Waals surface area contributed by atoms with E-state index in [4.69, 9.17) is 18.7 Å². The minimum Gasteiger partial charge on any atom is -0.493 e. The van der Waals surface area contributed by atoms with Crippen LogP contribution in [0.5, 0.6) is 11.5 Å². The van der Waals surface area contributed by atoms with E-state index < -0.39 is 11.9 Å². The number of ether oxygens (including phenoxy) is 3. The average molecular weight is 348 g/mol. The van der Waals surface area contributed by atoms with Crippen LogP contribution in [0.3, 0.4) is 0 Å². The lowest BCUT2D eigenvalue weighted by Crippen LogP contribution is -2.17. The van der Waals surface area contributed by atoms with Crippen LogP contribution >= 0.6 is 0 Å². The van der Waals surface area contributed by atoms with Crippen LogP contribution < -0.4 is 14.8 Å². The van der Waals surface area contributed by atoms with Crippen molar-refractivity contribution in [2.75, 3.05) is 26.6 Å². The Morgan fingerprint density at radius 1 is 1.16 bits per heavy atom. The molecule has 0 unspecified atom stereocenters. The first-order valence-corrected chi connectivity index (χ1v) is 7.57. The Labute approximate surface area is 145 Å². The third kappa shape index (κ3) is 3.57. The third-order valence-electron chi connectivity index (χ3n) is 3.67. The molecule has 134 valence electrons. The number of aromatic nitrogens is 1. The van der Waals surface area contributed by atoms with Crippen LogP contribution in [0.1, 0.15) is 39.1 Å². The molecular formula is C17H20N2O6.